The molecule has 0 aromatic rings. The third-order valence-electron chi connectivity index (χ3n) is 2.66. The van der Waals surface area contributed by atoms with Crippen molar-refractivity contribution in [3.8, 4) is 0 Å². The van der Waals surface area contributed by atoms with Crippen molar-refractivity contribution in [1.29, 1.82) is 0 Å². The highest BCUT2D eigenvalue weighted by molar-refractivity contribution is 4.88. The predicted molar refractivity (Wildman–Crippen MR) is 37.9 cm³/mol. The van der Waals surface area contributed by atoms with Crippen LogP contribution in [0.4, 0.5) is 0 Å². The third-order valence-corrected chi connectivity index (χ3v) is 2.66. The Morgan fingerprint density at radius 2 is 2.30 bits per heavy atom. The van der Waals surface area contributed by atoms with Gasteiger partial charge in [0.2, 0.25) is 0 Å². The molecule has 2 fully saturated rings. The second-order valence-corrected chi connectivity index (χ2v) is 3.31. The van der Waals surface area contributed by atoms with Crippen molar-refractivity contribution in [2.45, 2.75) is 18.9 Å². The summed E-state index contributed by atoms with van der Waals surface area (Å²) >= 11 is 0. The SMILES string of the molecule is ON1CCC2CCNC2C1. The Bertz CT molecular complexity index is 129. The van der Waals surface area contributed by atoms with Gasteiger partial charge in [0, 0.05) is 19.1 Å². The van der Waals surface area contributed by atoms with E-state index in [4.69, 9.17) is 5.21 Å². The summed E-state index contributed by atoms with van der Waals surface area (Å²) < 4.78 is 0. The zero-order chi connectivity index (χ0) is 6.97. The minimum atomic E-state index is 0.568. The smallest absolute Gasteiger partial charge is 0.0394 e. The third kappa shape index (κ3) is 1.05. The highest BCUT2D eigenvalue weighted by Crippen LogP contribution is 2.23. The van der Waals surface area contributed by atoms with Gasteiger partial charge in [-0.1, -0.05) is 0 Å². The highest BCUT2D eigenvalue weighted by atomic mass is 16.5. The maximum atomic E-state index is 9.15. The van der Waals surface area contributed by atoms with Gasteiger partial charge in [0.1, 0.15) is 0 Å². The van der Waals surface area contributed by atoms with Crippen LogP contribution in [-0.2, 0) is 0 Å². The first-order valence-electron chi connectivity index (χ1n) is 4.03. The van der Waals surface area contributed by atoms with Crippen LogP contribution in [0.3, 0.4) is 0 Å². The summed E-state index contributed by atoms with van der Waals surface area (Å²) in [4.78, 5) is 0. The average molecular weight is 142 g/mol. The molecule has 0 aliphatic carbocycles. The molecule has 0 saturated carbocycles. The van der Waals surface area contributed by atoms with Gasteiger partial charge in [0.15, 0.2) is 0 Å². The number of nitrogens with zero attached hydrogens (tertiary/aromatic N) is 1. The number of piperidine rings is 1. The second-order valence-electron chi connectivity index (χ2n) is 3.31. The average Bonchev–Trinajstić information content (AvgIpc) is 2.33. The molecule has 2 saturated heterocycles. The summed E-state index contributed by atoms with van der Waals surface area (Å²) in [6.07, 6.45) is 2.46. The fourth-order valence-electron chi connectivity index (χ4n) is 2.01. The maximum absolute atomic E-state index is 9.15. The molecule has 10 heavy (non-hydrogen) atoms. The highest BCUT2D eigenvalue weighted by Gasteiger charge is 2.31. The van der Waals surface area contributed by atoms with Gasteiger partial charge in [0.05, 0.1) is 0 Å². The Morgan fingerprint density at radius 1 is 1.40 bits per heavy atom. The summed E-state index contributed by atoms with van der Waals surface area (Å²) in [7, 11) is 0. The van der Waals surface area contributed by atoms with Crippen LogP contribution < -0.4 is 5.32 Å². The zero-order valence-corrected chi connectivity index (χ0v) is 6.08. The number of nitrogens with one attached hydrogen (secondary N) is 1. The summed E-state index contributed by atoms with van der Waals surface area (Å²) in [5.41, 5.74) is 0. The molecule has 0 aromatic heterocycles. The van der Waals surface area contributed by atoms with Crippen molar-refractivity contribution in [1.82, 2.24) is 10.4 Å². The number of rotatable bonds is 0. The molecule has 2 atom stereocenters. The van der Waals surface area contributed by atoms with Crippen LogP contribution in [0.2, 0.25) is 0 Å². The van der Waals surface area contributed by atoms with Crippen molar-refractivity contribution in [3.05, 3.63) is 0 Å². The van der Waals surface area contributed by atoms with E-state index in [1.807, 2.05) is 0 Å². The van der Waals surface area contributed by atoms with Gasteiger partial charge in [-0.2, -0.15) is 5.06 Å². The molecule has 58 valence electrons. The Labute approximate surface area is 61.0 Å². The lowest BCUT2D eigenvalue weighted by molar-refractivity contribution is -0.116. The van der Waals surface area contributed by atoms with Crippen LogP contribution in [0.15, 0.2) is 0 Å². The molecule has 2 rings (SSSR count). The van der Waals surface area contributed by atoms with Crippen LogP contribution in [0, 0.1) is 5.92 Å². The van der Waals surface area contributed by atoms with E-state index in [9.17, 15) is 0 Å². The summed E-state index contributed by atoms with van der Waals surface area (Å²) in [5.74, 6) is 0.836. The second kappa shape index (κ2) is 2.49. The monoisotopic (exact) mass is 142 g/mol. The molecule has 2 aliphatic rings. The van der Waals surface area contributed by atoms with E-state index in [0.29, 0.717) is 6.04 Å². The Hall–Kier alpha value is -0.120. The van der Waals surface area contributed by atoms with E-state index in [1.54, 1.807) is 0 Å². The summed E-state index contributed by atoms with van der Waals surface area (Å²) in [6, 6.07) is 0.568. The molecule has 3 nitrogen and oxygen atoms in total. The van der Waals surface area contributed by atoms with Gasteiger partial charge in [0.25, 0.3) is 0 Å². The standard InChI is InChI=1S/C7H14N2O/c10-9-4-2-6-1-3-8-7(6)5-9/h6-8,10H,1-5H2. The van der Waals surface area contributed by atoms with Crippen molar-refractivity contribution in [2.24, 2.45) is 5.92 Å². The van der Waals surface area contributed by atoms with E-state index < -0.39 is 0 Å². The molecule has 0 amide bonds. The van der Waals surface area contributed by atoms with Crippen LogP contribution in [0.1, 0.15) is 12.8 Å². The minimum Gasteiger partial charge on any atom is -0.314 e. The lowest BCUT2D eigenvalue weighted by Gasteiger charge is -2.30. The van der Waals surface area contributed by atoms with Gasteiger partial charge < -0.3 is 10.5 Å². The van der Waals surface area contributed by atoms with Gasteiger partial charge in [-0.25, -0.2) is 0 Å². The molecule has 2 heterocycles. The topological polar surface area (TPSA) is 35.5 Å². The molecular weight excluding hydrogens is 128 g/mol. The molecule has 2 N–H and O–H groups in total. The quantitative estimate of drug-likeness (QED) is 0.502. The Balaban J connectivity index is 1.96. The predicted octanol–water partition coefficient (Wildman–Crippen LogP) is 0.0594. The Kier molecular flexibility index (Phi) is 1.64. The number of hydroxylamine groups is 2. The largest absolute Gasteiger partial charge is 0.314 e. The van der Waals surface area contributed by atoms with Crippen molar-refractivity contribution < 1.29 is 5.21 Å². The van der Waals surface area contributed by atoms with Crippen LogP contribution in [0.25, 0.3) is 0 Å². The molecule has 0 radical (unpaired) electrons. The van der Waals surface area contributed by atoms with E-state index in [2.05, 4.69) is 5.32 Å². The van der Waals surface area contributed by atoms with E-state index in [0.717, 1.165) is 32.0 Å². The normalized spacial score (nSPS) is 41.7. The van der Waals surface area contributed by atoms with Crippen molar-refractivity contribution in [2.75, 3.05) is 19.6 Å². The van der Waals surface area contributed by atoms with Crippen molar-refractivity contribution >= 4 is 0 Å². The van der Waals surface area contributed by atoms with Gasteiger partial charge >= 0.3 is 0 Å². The molecule has 0 aromatic carbocycles. The minimum absolute atomic E-state index is 0.568. The van der Waals surface area contributed by atoms with E-state index >= 15 is 0 Å². The van der Waals surface area contributed by atoms with E-state index in [-0.39, 0.29) is 0 Å². The van der Waals surface area contributed by atoms with Crippen LogP contribution in [0.5, 0.6) is 0 Å². The Morgan fingerprint density at radius 3 is 3.20 bits per heavy atom. The fourth-order valence-corrected chi connectivity index (χ4v) is 2.01. The fraction of sp³-hybridized carbons (Fsp3) is 1.00. The molecule has 3 heteroatoms. The first kappa shape index (κ1) is 6.58. The molecule has 2 unspecified atom stereocenters. The van der Waals surface area contributed by atoms with Crippen LogP contribution in [-0.4, -0.2) is 35.9 Å². The van der Waals surface area contributed by atoms with E-state index in [1.165, 1.54) is 11.5 Å². The van der Waals surface area contributed by atoms with Gasteiger partial charge in [-0.15, -0.1) is 0 Å². The summed E-state index contributed by atoms with van der Waals surface area (Å²) in [5, 5.41) is 14.0. The summed E-state index contributed by atoms with van der Waals surface area (Å²) in [6.45, 7) is 2.83. The van der Waals surface area contributed by atoms with Crippen molar-refractivity contribution in [3.63, 3.8) is 0 Å². The number of hydrogen-bond acceptors (Lipinski definition) is 3. The molecule has 0 bridgehead atoms. The van der Waals surface area contributed by atoms with Gasteiger partial charge in [-0.3, -0.25) is 0 Å². The maximum Gasteiger partial charge on any atom is 0.0394 e. The lowest BCUT2D eigenvalue weighted by Crippen LogP contribution is -2.44. The molecule has 0 spiro atoms. The van der Waals surface area contributed by atoms with Gasteiger partial charge in [-0.05, 0) is 25.3 Å². The number of hydrogen-bond donors (Lipinski definition) is 2. The van der Waals surface area contributed by atoms with Crippen LogP contribution >= 0.6 is 0 Å². The molecular formula is C7H14N2O. The number of fused-ring (bicyclic) bond motifs is 1. The molecule has 2 aliphatic heterocycles. The zero-order valence-electron chi connectivity index (χ0n) is 6.08. The lowest BCUT2D eigenvalue weighted by atomic mass is 9.94. The first-order chi connectivity index (χ1) is 4.86. The first-order valence-corrected chi connectivity index (χ1v) is 4.03.